The van der Waals surface area contributed by atoms with E-state index in [4.69, 9.17) is 9.47 Å². The molecule has 2 aliphatic rings. The van der Waals surface area contributed by atoms with E-state index in [1.54, 1.807) is 46.2 Å². The highest BCUT2D eigenvalue weighted by Gasteiger charge is 2.49. The predicted octanol–water partition coefficient (Wildman–Crippen LogP) is 3.53. The quantitative estimate of drug-likeness (QED) is 0.570. The first kappa shape index (κ1) is 22.5. The van der Waals surface area contributed by atoms with E-state index in [-0.39, 0.29) is 30.7 Å². The summed E-state index contributed by atoms with van der Waals surface area (Å²) in [5, 5.41) is 2.90. The molecule has 178 valence electrons. The van der Waals surface area contributed by atoms with Gasteiger partial charge in [0.2, 0.25) is 5.91 Å². The summed E-state index contributed by atoms with van der Waals surface area (Å²) >= 11 is 0. The lowest BCUT2D eigenvalue weighted by Crippen LogP contribution is -2.49. The molecular weight excluding hydrogens is 446 g/mol. The van der Waals surface area contributed by atoms with Crippen molar-refractivity contribution < 1.29 is 23.9 Å². The van der Waals surface area contributed by atoms with Gasteiger partial charge in [0.15, 0.2) is 11.5 Å². The standard InChI is InChI=1S/C27H25N3O5/c1-34-21-13-12-19-23(24(21)35-2)27(33)30-20-11-7-6-10-18(20)26(32)29(25(19)30)15-14-22(31)28-16-17-8-4-3-5-9-17/h3-13,25H,14-16H2,1-2H3,(H,28,31)/t25-/m1/s1. The van der Waals surface area contributed by atoms with E-state index < -0.39 is 6.17 Å². The minimum atomic E-state index is -0.679. The molecule has 8 heteroatoms. The van der Waals surface area contributed by atoms with Gasteiger partial charge < -0.3 is 19.7 Å². The Morgan fingerprint density at radius 2 is 1.66 bits per heavy atom. The van der Waals surface area contributed by atoms with Gasteiger partial charge in [-0.05, 0) is 23.8 Å². The number of fused-ring (bicyclic) bond motifs is 5. The number of hydrogen-bond acceptors (Lipinski definition) is 5. The molecule has 0 aliphatic carbocycles. The highest BCUT2D eigenvalue weighted by Crippen LogP contribution is 2.49. The molecule has 3 amide bonds. The summed E-state index contributed by atoms with van der Waals surface area (Å²) in [5.74, 6) is 0.0806. The number of rotatable bonds is 7. The molecule has 3 aromatic carbocycles. The second-order valence-electron chi connectivity index (χ2n) is 8.34. The van der Waals surface area contributed by atoms with Crippen LogP contribution < -0.4 is 19.7 Å². The molecule has 5 rings (SSSR count). The lowest BCUT2D eigenvalue weighted by atomic mass is 10.0. The Hall–Kier alpha value is -4.33. The fourth-order valence-electron chi connectivity index (χ4n) is 4.76. The number of benzene rings is 3. The molecule has 0 saturated heterocycles. The van der Waals surface area contributed by atoms with Crippen molar-refractivity contribution in [3.8, 4) is 11.5 Å². The van der Waals surface area contributed by atoms with E-state index in [2.05, 4.69) is 5.32 Å². The summed E-state index contributed by atoms with van der Waals surface area (Å²) in [6, 6.07) is 20.1. The van der Waals surface area contributed by atoms with Crippen molar-refractivity contribution in [2.45, 2.75) is 19.1 Å². The van der Waals surface area contributed by atoms with Gasteiger partial charge in [0.1, 0.15) is 6.17 Å². The van der Waals surface area contributed by atoms with E-state index in [0.29, 0.717) is 40.4 Å². The van der Waals surface area contributed by atoms with Crippen molar-refractivity contribution in [1.29, 1.82) is 0 Å². The van der Waals surface area contributed by atoms with Gasteiger partial charge in [-0.1, -0.05) is 48.5 Å². The van der Waals surface area contributed by atoms with Crippen LogP contribution in [-0.4, -0.2) is 43.4 Å². The number of anilines is 1. The number of ether oxygens (including phenoxy) is 2. The van der Waals surface area contributed by atoms with Crippen molar-refractivity contribution in [2.24, 2.45) is 0 Å². The normalized spacial score (nSPS) is 15.9. The molecule has 8 nitrogen and oxygen atoms in total. The molecular formula is C27H25N3O5. The average molecular weight is 472 g/mol. The number of amides is 3. The third kappa shape index (κ3) is 3.77. The Morgan fingerprint density at radius 3 is 2.40 bits per heavy atom. The Bertz CT molecular complexity index is 1310. The molecule has 1 N–H and O–H groups in total. The summed E-state index contributed by atoms with van der Waals surface area (Å²) in [6.45, 7) is 0.556. The van der Waals surface area contributed by atoms with E-state index in [0.717, 1.165) is 5.56 Å². The van der Waals surface area contributed by atoms with Crippen molar-refractivity contribution in [2.75, 3.05) is 25.7 Å². The van der Waals surface area contributed by atoms with Gasteiger partial charge in [0.05, 0.1) is 31.0 Å². The van der Waals surface area contributed by atoms with Crippen LogP contribution in [0, 0.1) is 0 Å². The first-order valence-corrected chi connectivity index (χ1v) is 11.3. The monoisotopic (exact) mass is 471 g/mol. The smallest absolute Gasteiger partial charge is 0.264 e. The van der Waals surface area contributed by atoms with Crippen LogP contribution in [0.3, 0.4) is 0 Å². The molecule has 0 radical (unpaired) electrons. The zero-order chi connectivity index (χ0) is 24.5. The predicted molar refractivity (Wildman–Crippen MR) is 129 cm³/mol. The van der Waals surface area contributed by atoms with Gasteiger partial charge >= 0.3 is 0 Å². The van der Waals surface area contributed by atoms with Gasteiger partial charge in [-0.15, -0.1) is 0 Å². The number of nitrogens with zero attached hydrogens (tertiary/aromatic N) is 2. The van der Waals surface area contributed by atoms with E-state index >= 15 is 0 Å². The minimum Gasteiger partial charge on any atom is -0.493 e. The third-order valence-corrected chi connectivity index (χ3v) is 6.40. The van der Waals surface area contributed by atoms with Crippen LogP contribution in [0.4, 0.5) is 5.69 Å². The molecule has 0 fully saturated rings. The molecule has 35 heavy (non-hydrogen) atoms. The van der Waals surface area contributed by atoms with Crippen molar-refractivity contribution in [3.05, 3.63) is 89.0 Å². The first-order chi connectivity index (χ1) is 17.0. The van der Waals surface area contributed by atoms with Crippen LogP contribution in [-0.2, 0) is 11.3 Å². The second kappa shape index (κ2) is 9.13. The maximum atomic E-state index is 13.7. The summed E-state index contributed by atoms with van der Waals surface area (Å²) in [4.78, 5) is 43.0. The third-order valence-electron chi connectivity index (χ3n) is 6.40. The highest BCUT2D eigenvalue weighted by atomic mass is 16.5. The van der Waals surface area contributed by atoms with Crippen molar-refractivity contribution >= 4 is 23.4 Å². The topological polar surface area (TPSA) is 88.2 Å². The van der Waals surface area contributed by atoms with E-state index in [1.807, 2.05) is 30.3 Å². The average Bonchev–Trinajstić information content (AvgIpc) is 3.19. The number of hydrogen-bond donors (Lipinski definition) is 1. The Kier molecular flexibility index (Phi) is 5.86. The minimum absolute atomic E-state index is 0.0991. The maximum absolute atomic E-state index is 13.7. The van der Waals surface area contributed by atoms with E-state index in [1.165, 1.54) is 14.2 Å². The molecule has 1 atom stereocenters. The molecule has 0 aromatic heterocycles. The van der Waals surface area contributed by atoms with Crippen LogP contribution in [0.5, 0.6) is 11.5 Å². The largest absolute Gasteiger partial charge is 0.493 e. The molecule has 2 aliphatic heterocycles. The second-order valence-corrected chi connectivity index (χ2v) is 8.34. The summed E-state index contributed by atoms with van der Waals surface area (Å²) in [7, 11) is 2.99. The number of carbonyl (C=O) groups is 3. The summed E-state index contributed by atoms with van der Waals surface area (Å²) in [6.07, 6.45) is -0.580. The van der Waals surface area contributed by atoms with Crippen LogP contribution in [0.15, 0.2) is 66.7 Å². The fourth-order valence-corrected chi connectivity index (χ4v) is 4.76. The summed E-state index contributed by atoms with van der Waals surface area (Å²) < 4.78 is 10.9. The number of carbonyl (C=O) groups excluding carboxylic acids is 3. The first-order valence-electron chi connectivity index (χ1n) is 11.3. The zero-order valence-corrected chi connectivity index (χ0v) is 19.5. The maximum Gasteiger partial charge on any atom is 0.264 e. The van der Waals surface area contributed by atoms with Crippen molar-refractivity contribution in [3.63, 3.8) is 0 Å². The molecule has 0 spiro atoms. The Labute approximate surface area is 203 Å². The Balaban J connectivity index is 1.46. The van der Waals surface area contributed by atoms with Crippen LogP contribution in [0.1, 0.15) is 44.4 Å². The highest BCUT2D eigenvalue weighted by molar-refractivity contribution is 6.18. The molecule has 2 heterocycles. The summed E-state index contributed by atoms with van der Waals surface area (Å²) in [5.41, 5.74) is 2.95. The van der Waals surface area contributed by atoms with E-state index in [9.17, 15) is 14.4 Å². The van der Waals surface area contributed by atoms with Gasteiger partial charge in [0.25, 0.3) is 11.8 Å². The van der Waals surface area contributed by atoms with Crippen molar-refractivity contribution in [1.82, 2.24) is 10.2 Å². The van der Waals surface area contributed by atoms with Gasteiger partial charge in [0, 0.05) is 25.1 Å². The molecule has 0 saturated carbocycles. The van der Waals surface area contributed by atoms with Crippen LogP contribution in [0.2, 0.25) is 0 Å². The lowest BCUT2D eigenvalue weighted by Gasteiger charge is -2.40. The Morgan fingerprint density at radius 1 is 0.914 bits per heavy atom. The van der Waals surface area contributed by atoms with Gasteiger partial charge in [-0.3, -0.25) is 19.3 Å². The van der Waals surface area contributed by atoms with Gasteiger partial charge in [-0.25, -0.2) is 0 Å². The SMILES string of the molecule is COc1ccc2c(c1OC)C(=O)N1c3ccccc3C(=O)N(CCC(=O)NCc3ccccc3)[C@@H]21. The number of methoxy groups -OCH3 is 2. The van der Waals surface area contributed by atoms with Crippen LogP contribution in [0.25, 0.3) is 0 Å². The molecule has 3 aromatic rings. The molecule has 0 unspecified atom stereocenters. The number of para-hydroxylation sites is 1. The zero-order valence-electron chi connectivity index (χ0n) is 19.5. The fraction of sp³-hybridized carbons (Fsp3) is 0.222. The lowest BCUT2D eigenvalue weighted by molar-refractivity contribution is -0.121. The molecule has 0 bridgehead atoms. The number of nitrogens with one attached hydrogen (secondary N) is 1. The van der Waals surface area contributed by atoms with Gasteiger partial charge in [-0.2, -0.15) is 0 Å². The van der Waals surface area contributed by atoms with Crippen LogP contribution >= 0.6 is 0 Å².